The molecule has 0 saturated heterocycles. The van der Waals surface area contributed by atoms with Crippen molar-refractivity contribution in [2.24, 2.45) is 0 Å². The van der Waals surface area contributed by atoms with Gasteiger partial charge in [-0.3, -0.25) is 0 Å². The number of anilines is 2. The molecule has 0 radical (unpaired) electrons. The van der Waals surface area contributed by atoms with E-state index in [0.717, 1.165) is 24.2 Å². The Hall–Kier alpha value is -6.96. The van der Waals surface area contributed by atoms with Gasteiger partial charge in [-0.1, -0.05) is 182 Å². The number of hydrogen-bond acceptors (Lipinski definition) is 1. The first kappa shape index (κ1) is 34.5. The Balaban J connectivity index is 0.939. The van der Waals surface area contributed by atoms with Gasteiger partial charge in [0.05, 0.1) is 0 Å². The van der Waals surface area contributed by atoms with Crippen LogP contribution in [0.3, 0.4) is 0 Å². The Morgan fingerprint density at radius 1 is 0.404 bits per heavy atom. The molecule has 0 heterocycles. The van der Waals surface area contributed by atoms with E-state index in [1.165, 1.54) is 71.7 Å². The van der Waals surface area contributed by atoms with Gasteiger partial charge in [0.1, 0.15) is 0 Å². The molecule has 2 aliphatic carbocycles. The zero-order valence-electron chi connectivity index (χ0n) is 31.9. The summed E-state index contributed by atoms with van der Waals surface area (Å²) in [5.74, 6) is 0.673. The van der Waals surface area contributed by atoms with Crippen molar-refractivity contribution >= 4 is 32.9 Å². The van der Waals surface area contributed by atoms with Gasteiger partial charge in [-0.05, 0) is 121 Å². The summed E-state index contributed by atoms with van der Waals surface area (Å²) in [6.07, 6.45) is 18.0. The highest BCUT2D eigenvalue weighted by Crippen LogP contribution is 2.41. The molecule has 1 nitrogen and oxygen atoms in total. The van der Waals surface area contributed by atoms with Crippen LogP contribution in [0.25, 0.3) is 54.9 Å². The average molecular weight is 730 g/mol. The molecule has 10 rings (SSSR count). The Bertz CT molecular complexity index is 2820. The van der Waals surface area contributed by atoms with E-state index in [0.29, 0.717) is 11.8 Å². The third-order valence-corrected chi connectivity index (χ3v) is 11.7. The minimum absolute atomic E-state index is 0.305. The van der Waals surface area contributed by atoms with Crippen LogP contribution in [0, 0.1) is 0 Å². The Labute approximate surface area is 335 Å². The molecule has 0 spiro atoms. The molecule has 0 aliphatic heterocycles. The first-order valence-corrected chi connectivity index (χ1v) is 20.1. The molecule has 2 atom stereocenters. The van der Waals surface area contributed by atoms with Crippen molar-refractivity contribution in [2.75, 3.05) is 4.90 Å². The number of nitrogens with zero attached hydrogens (tertiary/aromatic N) is 1. The van der Waals surface area contributed by atoms with Crippen molar-refractivity contribution < 1.29 is 0 Å². The molecule has 2 aliphatic rings. The second-order valence-electron chi connectivity index (χ2n) is 15.2. The summed E-state index contributed by atoms with van der Waals surface area (Å²) in [4.78, 5) is 2.38. The highest BCUT2D eigenvalue weighted by Gasteiger charge is 2.21. The normalized spacial score (nSPS) is 16.2. The Morgan fingerprint density at radius 2 is 1.00 bits per heavy atom. The number of allylic oxidation sites excluding steroid dienone is 7. The lowest BCUT2D eigenvalue weighted by Gasteiger charge is -2.29. The lowest BCUT2D eigenvalue weighted by molar-refractivity contribution is 0.848. The summed E-state index contributed by atoms with van der Waals surface area (Å²) in [5.41, 5.74) is 13.7. The maximum Gasteiger partial charge on any atom is 0.0461 e. The summed E-state index contributed by atoms with van der Waals surface area (Å²) in [6, 6.07) is 66.6. The summed E-state index contributed by atoms with van der Waals surface area (Å²) in [6.45, 7) is 0. The largest absolute Gasteiger partial charge is 0.311 e. The predicted molar refractivity (Wildman–Crippen MR) is 243 cm³/mol. The SMILES string of the molecule is C1=CCC(c2ccc(-c3ccccc3)cc2-c2ccc(-c3ccc(N(C4=CCC(c5cc6ccccc6c6ccccc56)C=C4)c4ccccc4)cc3)cc2)C=C1. The van der Waals surface area contributed by atoms with Gasteiger partial charge in [-0.25, -0.2) is 0 Å². The molecule has 0 N–H and O–H groups in total. The Morgan fingerprint density at radius 3 is 1.72 bits per heavy atom. The highest BCUT2D eigenvalue weighted by molar-refractivity contribution is 6.09. The van der Waals surface area contributed by atoms with Crippen LogP contribution in [-0.2, 0) is 0 Å². The van der Waals surface area contributed by atoms with Crippen molar-refractivity contribution in [1.29, 1.82) is 0 Å². The van der Waals surface area contributed by atoms with Crippen LogP contribution in [0.1, 0.15) is 35.8 Å². The number of rotatable bonds is 8. The first-order valence-electron chi connectivity index (χ1n) is 20.1. The molecule has 8 aromatic rings. The van der Waals surface area contributed by atoms with Crippen molar-refractivity contribution in [3.05, 3.63) is 241 Å². The lowest BCUT2D eigenvalue weighted by atomic mass is 9.84. The second-order valence-corrected chi connectivity index (χ2v) is 15.2. The summed E-state index contributed by atoms with van der Waals surface area (Å²) in [7, 11) is 0. The monoisotopic (exact) mass is 729 g/mol. The van der Waals surface area contributed by atoms with Gasteiger partial charge < -0.3 is 4.90 Å². The minimum atomic E-state index is 0.305. The minimum Gasteiger partial charge on any atom is -0.311 e. The van der Waals surface area contributed by atoms with E-state index in [1.807, 2.05) is 0 Å². The van der Waals surface area contributed by atoms with Crippen LogP contribution in [0.2, 0.25) is 0 Å². The van der Waals surface area contributed by atoms with Crippen molar-refractivity contribution in [2.45, 2.75) is 24.7 Å². The molecule has 0 amide bonds. The maximum atomic E-state index is 2.41. The van der Waals surface area contributed by atoms with E-state index in [9.17, 15) is 0 Å². The van der Waals surface area contributed by atoms with Gasteiger partial charge in [0.15, 0.2) is 0 Å². The standard InChI is InChI=1S/C56H43N/c1-4-14-40(15-5-1)46-32-37-52(43-16-6-2-7-17-43)55(38-46)44-26-24-41(25-27-44)42-28-33-49(34-29-42)57(48-19-8-3-9-20-48)50-35-30-45(31-36-50)56-39-47-18-10-11-21-51(47)53-22-12-13-23-54(53)56/h1-16,18-30,32-39,43,45H,17,31H2. The number of benzene rings is 8. The van der Waals surface area contributed by atoms with Crippen molar-refractivity contribution in [1.82, 2.24) is 0 Å². The molecule has 272 valence electrons. The van der Waals surface area contributed by atoms with Crippen LogP contribution in [0.5, 0.6) is 0 Å². The average Bonchev–Trinajstić information content (AvgIpc) is 3.30. The molecular formula is C56H43N. The topological polar surface area (TPSA) is 3.24 Å². The van der Waals surface area contributed by atoms with Crippen LogP contribution < -0.4 is 4.90 Å². The molecule has 57 heavy (non-hydrogen) atoms. The number of para-hydroxylation sites is 1. The highest BCUT2D eigenvalue weighted by atomic mass is 15.1. The van der Waals surface area contributed by atoms with Crippen LogP contribution in [0.15, 0.2) is 230 Å². The lowest BCUT2D eigenvalue weighted by Crippen LogP contribution is -2.17. The van der Waals surface area contributed by atoms with E-state index in [2.05, 4.69) is 229 Å². The van der Waals surface area contributed by atoms with E-state index in [-0.39, 0.29) is 0 Å². The third kappa shape index (κ3) is 6.83. The van der Waals surface area contributed by atoms with Gasteiger partial charge in [-0.15, -0.1) is 0 Å². The fraction of sp³-hybridized carbons (Fsp3) is 0.0714. The molecule has 0 bridgehead atoms. The quantitative estimate of drug-likeness (QED) is 0.141. The zero-order chi connectivity index (χ0) is 38.0. The molecule has 2 unspecified atom stereocenters. The fourth-order valence-corrected chi connectivity index (χ4v) is 8.82. The van der Waals surface area contributed by atoms with Crippen LogP contribution in [0.4, 0.5) is 11.4 Å². The number of fused-ring (bicyclic) bond motifs is 3. The molecule has 0 aromatic heterocycles. The summed E-state index contributed by atoms with van der Waals surface area (Å²) >= 11 is 0. The molecule has 1 heteroatoms. The van der Waals surface area contributed by atoms with Gasteiger partial charge in [0.25, 0.3) is 0 Å². The number of hydrogen-bond donors (Lipinski definition) is 0. The van der Waals surface area contributed by atoms with Crippen molar-refractivity contribution in [3.63, 3.8) is 0 Å². The smallest absolute Gasteiger partial charge is 0.0461 e. The Kier molecular flexibility index (Phi) is 9.26. The fourth-order valence-electron chi connectivity index (χ4n) is 8.82. The van der Waals surface area contributed by atoms with E-state index in [1.54, 1.807) is 0 Å². The second kappa shape index (κ2) is 15.3. The molecule has 0 fully saturated rings. The van der Waals surface area contributed by atoms with Gasteiger partial charge in [0, 0.05) is 28.9 Å². The summed E-state index contributed by atoms with van der Waals surface area (Å²) < 4.78 is 0. The third-order valence-electron chi connectivity index (χ3n) is 11.7. The molecule has 8 aromatic carbocycles. The van der Waals surface area contributed by atoms with Crippen molar-refractivity contribution in [3.8, 4) is 33.4 Å². The van der Waals surface area contributed by atoms with Gasteiger partial charge in [0.2, 0.25) is 0 Å². The maximum absolute atomic E-state index is 2.41. The predicted octanol–water partition coefficient (Wildman–Crippen LogP) is 15.4. The molecule has 0 saturated carbocycles. The van der Waals surface area contributed by atoms with Crippen LogP contribution in [-0.4, -0.2) is 0 Å². The zero-order valence-corrected chi connectivity index (χ0v) is 31.9. The first-order chi connectivity index (χ1) is 28.3. The van der Waals surface area contributed by atoms with E-state index in [4.69, 9.17) is 0 Å². The van der Waals surface area contributed by atoms with Gasteiger partial charge in [-0.2, -0.15) is 0 Å². The molecular weight excluding hydrogens is 687 g/mol. The summed E-state index contributed by atoms with van der Waals surface area (Å²) in [5, 5.41) is 5.28. The van der Waals surface area contributed by atoms with Gasteiger partial charge >= 0.3 is 0 Å². The van der Waals surface area contributed by atoms with Crippen LogP contribution >= 0.6 is 0 Å². The van der Waals surface area contributed by atoms with E-state index < -0.39 is 0 Å². The van der Waals surface area contributed by atoms with E-state index >= 15 is 0 Å².